The Hall–Kier alpha value is -3.33. The lowest BCUT2D eigenvalue weighted by Crippen LogP contribution is -2.43. The first kappa shape index (κ1) is 21.2. The molecule has 9 heteroatoms. The summed E-state index contributed by atoms with van der Waals surface area (Å²) in [5.74, 6) is -0.849. The molecule has 0 saturated carbocycles. The molecule has 0 unspecified atom stereocenters. The molecule has 0 bridgehead atoms. The van der Waals surface area contributed by atoms with Crippen molar-refractivity contribution in [2.24, 2.45) is 5.41 Å². The first-order chi connectivity index (χ1) is 16.5. The summed E-state index contributed by atoms with van der Waals surface area (Å²) in [6.07, 6.45) is 6.22. The van der Waals surface area contributed by atoms with Crippen LogP contribution in [0.15, 0.2) is 36.5 Å². The Bertz CT molecular complexity index is 1240. The van der Waals surface area contributed by atoms with Crippen LogP contribution in [-0.2, 0) is 11.3 Å². The van der Waals surface area contributed by atoms with Gasteiger partial charge in [0, 0.05) is 38.6 Å². The van der Waals surface area contributed by atoms with Crippen LogP contribution in [0.1, 0.15) is 41.7 Å². The van der Waals surface area contributed by atoms with E-state index in [0.29, 0.717) is 22.4 Å². The molecular weight excluding hydrogens is 440 g/mol. The van der Waals surface area contributed by atoms with Gasteiger partial charge in [0.15, 0.2) is 5.82 Å². The fraction of sp³-hybridized carbons (Fsp3) is 0.400. The van der Waals surface area contributed by atoms with E-state index >= 15 is 0 Å². The average molecular weight is 466 g/mol. The highest BCUT2D eigenvalue weighted by Gasteiger charge is 2.36. The maximum absolute atomic E-state index is 14.5. The topological polar surface area (TPSA) is 72.3 Å². The van der Waals surface area contributed by atoms with Crippen LogP contribution in [0, 0.1) is 17.0 Å². The Morgan fingerprint density at radius 3 is 2.47 bits per heavy atom. The molecular formula is C25H25F2N5O2. The molecule has 5 heterocycles. The number of nitrogens with zero attached hydrogens (tertiary/aromatic N) is 4. The Morgan fingerprint density at radius 2 is 1.74 bits per heavy atom. The monoisotopic (exact) mass is 465 g/mol. The first-order valence-corrected chi connectivity index (χ1v) is 11.7. The largest absolute Gasteiger partial charge is 0.381 e. The van der Waals surface area contributed by atoms with Crippen LogP contribution < -0.4 is 10.2 Å². The number of amides is 1. The van der Waals surface area contributed by atoms with Crippen molar-refractivity contribution >= 4 is 11.7 Å². The second-order valence-electron chi connectivity index (χ2n) is 9.35. The van der Waals surface area contributed by atoms with Crippen molar-refractivity contribution in [2.75, 3.05) is 31.2 Å². The minimum Gasteiger partial charge on any atom is -0.381 e. The van der Waals surface area contributed by atoms with E-state index in [9.17, 15) is 13.6 Å². The van der Waals surface area contributed by atoms with Crippen LogP contribution in [0.5, 0.6) is 0 Å². The zero-order valence-corrected chi connectivity index (χ0v) is 18.7. The van der Waals surface area contributed by atoms with Gasteiger partial charge in [-0.3, -0.25) is 4.79 Å². The number of hydrogen-bond donors (Lipinski definition) is 1. The highest BCUT2D eigenvalue weighted by atomic mass is 19.1. The molecule has 3 aliphatic rings. The Kier molecular flexibility index (Phi) is 5.09. The van der Waals surface area contributed by atoms with Crippen LogP contribution in [0.4, 0.5) is 14.6 Å². The van der Waals surface area contributed by atoms with E-state index in [1.165, 1.54) is 24.3 Å². The predicted octanol–water partition coefficient (Wildman–Crippen LogP) is 3.85. The van der Waals surface area contributed by atoms with Crippen molar-refractivity contribution < 1.29 is 18.3 Å². The molecule has 0 radical (unpaired) electrons. The summed E-state index contributed by atoms with van der Waals surface area (Å²) < 4.78 is 36.2. The number of pyridine rings is 1. The number of anilines is 1. The highest BCUT2D eigenvalue weighted by molar-refractivity contribution is 6.01. The standard InChI is InChI=1S/C25H25F2N5O2/c26-16-2-1-3-17(27)22(16)18-14-20(23-19(29-18)15-28-24(23)33)32-9-4-21(30-32)31-10-5-25(6-11-31)7-12-34-13-8-25/h1-4,9,14H,5-8,10-13,15H2,(H,28,33). The summed E-state index contributed by atoms with van der Waals surface area (Å²) in [6.45, 7) is 3.72. The second-order valence-corrected chi connectivity index (χ2v) is 9.35. The van der Waals surface area contributed by atoms with Gasteiger partial charge in [0.2, 0.25) is 0 Å². The lowest BCUT2D eigenvalue weighted by molar-refractivity contribution is 0.00205. The van der Waals surface area contributed by atoms with Gasteiger partial charge in [0.05, 0.1) is 34.7 Å². The molecule has 2 aromatic heterocycles. The van der Waals surface area contributed by atoms with E-state index < -0.39 is 11.6 Å². The molecule has 3 aromatic rings. The molecule has 3 aliphatic heterocycles. The fourth-order valence-electron chi connectivity index (χ4n) is 5.39. The van der Waals surface area contributed by atoms with E-state index in [0.717, 1.165) is 57.8 Å². The molecule has 0 aliphatic carbocycles. The van der Waals surface area contributed by atoms with Gasteiger partial charge in [-0.15, -0.1) is 0 Å². The predicted molar refractivity (Wildman–Crippen MR) is 122 cm³/mol. The number of ether oxygens (including phenoxy) is 1. The van der Waals surface area contributed by atoms with Gasteiger partial charge in [0.1, 0.15) is 11.6 Å². The van der Waals surface area contributed by atoms with Gasteiger partial charge in [-0.1, -0.05) is 6.07 Å². The summed E-state index contributed by atoms with van der Waals surface area (Å²) in [4.78, 5) is 19.2. The van der Waals surface area contributed by atoms with Gasteiger partial charge in [-0.25, -0.2) is 18.4 Å². The summed E-state index contributed by atoms with van der Waals surface area (Å²) in [6, 6.07) is 7.17. The van der Waals surface area contributed by atoms with Gasteiger partial charge >= 0.3 is 0 Å². The minimum absolute atomic E-state index is 0.136. The number of fused-ring (bicyclic) bond motifs is 1. The van der Waals surface area contributed by atoms with Crippen molar-refractivity contribution in [3.8, 4) is 16.9 Å². The third kappa shape index (κ3) is 3.55. The van der Waals surface area contributed by atoms with E-state index in [4.69, 9.17) is 9.84 Å². The van der Waals surface area contributed by atoms with Crippen molar-refractivity contribution in [1.82, 2.24) is 20.1 Å². The van der Waals surface area contributed by atoms with Crippen LogP contribution in [0.2, 0.25) is 0 Å². The van der Waals surface area contributed by atoms with Gasteiger partial charge in [-0.2, -0.15) is 5.10 Å². The molecule has 1 amide bonds. The molecule has 34 heavy (non-hydrogen) atoms. The van der Waals surface area contributed by atoms with Crippen molar-refractivity contribution in [3.63, 3.8) is 0 Å². The minimum atomic E-state index is -0.702. The lowest BCUT2D eigenvalue weighted by atomic mass is 9.72. The van der Waals surface area contributed by atoms with Gasteiger partial charge in [-0.05, 0) is 49.3 Å². The van der Waals surface area contributed by atoms with Crippen molar-refractivity contribution in [1.29, 1.82) is 0 Å². The maximum atomic E-state index is 14.5. The second kappa shape index (κ2) is 8.16. The van der Waals surface area contributed by atoms with E-state index in [1.807, 2.05) is 6.07 Å². The Balaban J connectivity index is 1.34. The molecule has 2 saturated heterocycles. The third-order valence-electron chi connectivity index (χ3n) is 7.46. The molecule has 1 N–H and O–H groups in total. The molecule has 6 rings (SSSR count). The SMILES string of the molecule is O=C1NCc2nc(-c3c(F)cccc3F)cc(-n3ccc(N4CCC5(CCOCC5)CC4)n3)c21. The zero-order valence-electron chi connectivity index (χ0n) is 18.7. The van der Waals surface area contributed by atoms with Crippen LogP contribution >= 0.6 is 0 Å². The average Bonchev–Trinajstić information content (AvgIpc) is 3.47. The Morgan fingerprint density at radius 1 is 1.00 bits per heavy atom. The number of hydrogen-bond acceptors (Lipinski definition) is 5. The van der Waals surface area contributed by atoms with E-state index in [1.54, 1.807) is 10.9 Å². The molecule has 0 atom stereocenters. The normalized spacial score (nSPS) is 19.4. The molecule has 1 aromatic carbocycles. The fourth-order valence-corrected chi connectivity index (χ4v) is 5.39. The maximum Gasteiger partial charge on any atom is 0.255 e. The summed E-state index contributed by atoms with van der Waals surface area (Å²) in [5, 5.41) is 7.51. The summed E-state index contributed by atoms with van der Waals surface area (Å²) in [5.41, 5.74) is 1.60. The van der Waals surface area contributed by atoms with Gasteiger partial charge in [0.25, 0.3) is 5.91 Å². The Labute approximate surface area is 195 Å². The van der Waals surface area contributed by atoms with Crippen LogP contribution in [0.3, 0.4) is 0 Å². The number of rotatable bonds is 3. The zero-order chi connectivity index (χ0) is 23.3. The first-order valence-electron chi connectivity index (χ1n) is 11.7. The number of carbonyl (C=O) groups is 1. The summed E-state index contributed by atoms with van der Waals surface area (Å²) >= 11 is 0. The van der Waals surface area contributed by atoms with E-state index in [2.05, 4.69) is 15.2 Å². The number of carbonyl (C=O) groups excluding carboxylic acids is 1. The highest BCUT2D eigenvalue weighted by Crippen LogP contribution is 2.41. The summed E-state index contributed by atoms with van der Waals surface area (Å²) in [7, 11) is 0. The van der Waals surface area contributed by atoms with Crippen molar-refractivity contribution in [2.45, 2.75) is 32.2 Å². The molecule has 176 valence electrons. The third-order valence-corrected chi connectivity index (χ3v) is 7.46. The number of aromatic nitrogens is 3. The molecule has 1 spiro atoms. The number of halogens is 2. The quantitative estimate of drug-likeness (QED) is 0.636. The number of benzene rings is 1. The van der Waals surface area contributed by atoms with Crippen LogP contribution in [-0.4, -0.2) is 47.0 Å². The molecule has 2 fully saturated rings. The number of nitrogens with one attached hydrogen (secondary N) is 1. The van der Waals surface area contributed by atoms with Crippen LogP contribution in [0.25, 0.3) is 16.9 Å². The smallest absolute Gasteiger partial charge is 0.255 e. The van der Waals surface area contributed by atoms with E-state index in [-0.39, 0.29) is 23.7 Å². The molecule has 7 nitrogen and oxygen atoms in total. The van der Waals surface area contributed by atoms with Crippen molar-refractivity contribution in [3.05, 3.63) is 59.4 Å². The number of piperidine rings is 1. The lowest BCUT2D eigenvalue weighted by Gasteiger charge is -2.44. The van der Waals surface area contributed by atoms with Gasteiger partial charge < -0.3 is 15.0 Å².